The van der Waals surface area contributed by atoms with Crippen molar-refractivity contribution < 1.29 is 37.3 Å². The number of likely N-dealkylation sites (N-methyl/N-ethyl adjacent to an activating group) is 1. The first-order chi connectivity index (χ1) is 33.9. The molecule has 70 heavy (non-hydrogen) atoms. The summed E-state index contributed by atoms with van der Waals surface area (Å²) in [5, 5.41) is 3.02. The van der Waals surface area contributed by atoms with Crippen molar-refractivity contribution in [3.63, 3.8) is 0 Å². The lowest BCUT2D eigenvalue weighted by molar-refractivity contribution is -0.870. The lowest BCUT2D eigenvalue weighted by Crippen LogP contribution is -2.47. The number of rotatable bonds is 53. The minimum atomic E-state index is -4.69. The number of esters is 1. The maximum Gasteiger partial charge on any atom is 0.306 e. The molecular weight excluding hydrogens is 892 g/mol. The van der Waals surface area contributed by atoms with Crippen LogP contribution in [0.5, 0.6) is 0 Å². The predicted molar refractivity (Wildman–Crippen MR) is 298 cm³/mol. The zero-order chi connectivity index (χ0) is 51.5. The molecule has 0 bridgehead atoms. The number of ether oxygens (including phenoxy) is 1. The van der Waals surface area contributed by atoms with E-state index in [4.69, 9.17) is 13.8 Å². The van der Waals surface area contributed by atoms with Crippen LogP contribution in [0.1, 0.15) is 271 Å². The molecule has 0 aromatic heterocycles. The topological polar surface area (TPSA) is 114 Å². The van der Waals surface area contributed by atoms with Gasteiger partial charge < -0.3 is 28.5 Å². The number of carbonyl (C=O) groups is 2. The molecule has 0 aliphatic rings. The summed E-state index contributed by atoms with van der Waals surface area (Å²) < 4.78 is 30.2. The minimum Gasteiger partial charge on any atom is -0.756 e. The molecule has 0 radical (unpaired) electrons. The fourth-order valence-corrected chi connectivity index (χ4v) is 9.25. The van der Waals surface area contributed by atoms with Crippen LogP contribution in [-0.2, 0) is 27.9 Å². The number of hydrogen-bond donors (Lipinski definition) is 1. The number of amides is 1. The Labute approximate surface area is 433 Å². The average Bonchev–Trinajstić information content (AvgIpc) is 3.32. The second-order valence-corrected chi connectivity index (χ2v) is 22.6. The van der Waals surface area contributed by atoms with Crippen LogP contribution in [0.3, 0.4) is 0 Å². The SMILES string of the molecule is CC/C=C/C=C/C=C/CCCCCCCCCC(=O)OC(/C=C/CCCCCCCCCCCC)C(COP(=O)([O-])OCC[N+](C)(C)C)NC(=O)CCCCCCCCCCCCCCCCCCC. The third kappa shape index (κ3) is 50.9. The number of allylic oxidation sites excluding steroid dienone is 7. The summed E-state index contributed by atoms with van der Waals surface area (Å²) in [4.78, 5) is 39.9. The summed E-state index contributed by atoms with van der Waals surface area (Å²) in [6.45, 7) is 6.72. The second kappa shape index (κ2) is 50.5. The Balaban J connectivity index is 5.31. The molecule has 0 saturated carbocycles. The van der Waals surface area contributed by atoms with Crippen LogP contribution in [-0.4, -0.2) is 69.4 Å². The standard InChI is InChI=1S/C60H113N2O7P/c1-7-10-13-16-19-22-25-28-30-31-33-34-37-40-43-46-49-52-59(63)61-57(56-68-70(65,66)67-55-54-62(4,5)6)58(51-48-45-42-39-36-27-24-21-18-15-12-9-3)69-60(64)53-50-47-44-41-38-35-32-29-26-23-20-17-14-11-8-2/h11,14,17,20,23,26,48,51,57-58H,7-10,12-13,15-16,18-19,21-22,24-25,27-47,49-50,52-56H2,1-6H3,(H-,61,63,65,66)/b14-11+,20-17+,26-23+,51-48+. The van der Waals surface area contributed by atoms with E-state index in [1.54, 1.807) is 0 Å². The third-order valence-electron chi connectivity index (χ3n) is 13.1. The van der Waals surface area contributed by atoms with E-state index in [0.29, 0.717) is 17.4 Å². The van der Waals surface area contributed by atoms with Crippen molar-refractivity contribution in [1.29, 1.82) is 0 Å². The number of nitrogens with zero attached hydrogens (tertiary/aromatic N) is 1. The molecular formula is C60H113N2O7P. The summed E-state index contributed by atoms with van der Waals surface area (Å²) in [7, 11) is 1.18. The number of quaternary nitrogens is 1. The van der Waals surface area contributed by atoms with E-state index in [1.807, 2.05) is 33.3 Å². The Hall–Kier alpha value is -2.03. The largest absolute Gasteiger partial charge is 0.756 e. The van der Waals surface area contributed by atoms with Crippen molar-refractivity contribution in [3.05, 3.63) is 48.6 Å². The van der Waals surface area contributed by atoms with E-state index in [0.717, 1.165) is 77.0 Å². The van der Waals surface area contributed by atoms with Gasteiger partial charge in [0.15, 0.2) is 0 Å². The van der Waals surface area contributed by atoms with Crippen molar-refractivity contribution >= 4 is 19.7 Å². The van der Waals surface area contributed by atoms with E-state index < -0.39 is 20.0 Å². The Kier molecular flexibility index (Phi) is 49.0. The highest BCUT2D eigenvalue weighted by molar-refractivity contribution is 7.45. The van der Waals surface area contributed by atoms with E-state index in [-0.39, 0.29) is 31.5 Å². The first kappa shape index (κ1) is 68.0. The van der Waals surface area contributed by atoms with Gasteiger partial charge in [0.2, 0.25) is 5.91 Å². The number of hydrogen-bond acceptors (Lipinski definition) is 7. The van der Waals surface area contributed by atoms with Crippen LogP contribution in [0, 0.1) is 0 Å². The van der Waals surface area contributed by atoms with E-state index >= 15 is 0 Å². The number of phosphoric ester groups is 1. The molecule has 0 aromatic rings. The quantitative estimate of drug-likeness (QED) is 0.0161. The maximum atomic E-state index is 13.5. The monoisotopic (exact) mass is 1000 g/mol. The highest BCUT2D eigenvalue weighted by Gasteiger charge is 2.27. The molecule has 0 saturated heterocycles. The van der Waals surface area contributed by atoms with Gasteiger partial charge in [-0.15, -0.1) is 0 Å². The van der Waals surface area contributed by atoms with Crippen LogP contribution in [0.4, 0.5) is 0 Å². The van der Waals surface area contributed by atoms with Crippen molar-refractivity contribution in [3.8, 4) is 0 Å². The molecule has 3 unspecified atom stereocenters. The number of unbranched alkanes of at least 4 members (excludes halogenated alkanes) is 33. The van der Waals surface area contributed by atoms with Gasteiger partial charge in [0.1, 0.15) is 19.3 Å². The van der Waals surface area contributed by atoms with Crippen LogP contribution in [0.15, 0.2) is 48.6 Å². The number of carbonyl (C=O) groups excluding carboxylic acids is 2. The predicted octanol–water partition coefficient (Wildman–Crippen LogP) is 17.1. The number of phosphoric acid groups is 1. The van der Waals surface area contributed by atoms with Gasteiger partial charge in [-0.2, -0.15) is 0 Å². The third-order valence-corrected chi connectivity index (χ3v) is 14.0. The molecule has 9 nitrogen and oxygen atoms in total. The Morgan fingerprint density at radius 2 is 0.914 bits per heavy atom. The molecule has 0 aliphatic heterocycles. The van der Waals surface area contributed by atoms with E-state index in [9.17, 15) is 19.0 Å². The first-order valence-corrected chi connectivity index (χ1v) is 30.9. The molecule has 10 heteroatoms. The van der Waals surface area contributed by atoms with Gasteiger partial charge >= 0.3 is 5.97 Å². The van der Waals surface area contributed by atoms with Crippen molar-refractivity contribution in [2.45, 2.75) is 283 Å². The first-order valence-electron chi connectivity index (χ1n) is 29.5. The Morgan fingerprint density at radius 1 is 0.514 bits per heavy atom. The molecule has 3 atom stereocenters. The van der Waals surface area contributed by atoms with Gasteiger partial charge in [-0.25, -0.2) is 0 Å². The van der Waals surface area contributed by atoms with Crippen molar-refractivity contribution in [1.82, 2.24) is 5.32 Å². The molecule has 410 valence electrons. The fourth-order valence-electron chi connectivity index (χ4n) is 8.52. The van der Waals surface area contributed by atoms with Crippen LogP contribution >= 0.6 is 7.82 Å². The molecule has 0 rings (SSSR count). The maximum absolute atomic E-state index is 13.5. The Bertz CT molecular complexity index is 1340. The van der Waals surface area contributed by atoms with Crippen LogP contribution in [0.25, 0.3) is 0 Å². The summed E-state index contributed by atoms with van der Waals surface area (Å²) in [6, 6.07) is -0.890. The van der Waals surface area contributed by atoms with Crippen molar-refractivity contribution in [2.24, 2.45) is 0 Å². The van der Waals surface area contributed by atoms with Gasteiger partial charge in [-0.1, -0.05) is 256 Å². The van der Waals surface area contributed by atoms with E-state index in [2.05, 4.69) is 62.5 Å². The van der Waals surface area contributed by atoms with Gasteiger partial charge in [-0.3, -0.25) is 14.2 Å². The van der Waals surface area contributed by atoms with Gasteiger partial charge in [0.05, 0.1) is 33.8 Å². The highest BCUT2D eigenvalue weighted by Crippen LogP contribution is 2.38. The normalized spacial score (nSPS) is 14.1. The lowest BCUT2D eigenvalue weighted by Gasteiger charge is -2.30. The average molecular weight is 1010 g/mol. The smallest absolute Gasteiger partial charge is 0.306 e. The summed E-state index contributed by atoms with van der Waals surface area (Å²) in [6.07, 6.45) is 60.7. The molecule has 1 N–H and O–H groups in total. The number of nitrogens with one attached hydrogen (secondary N) is 1. The molecule has 1 amide bonds. The van der Waals surface area contributed by atoms with Crippen molar-refractivity contribution in [2.75, 3.05) is 40.9 Å². The lowest BCUT2D eigenvalue weighted by atomic mass is 10.0. The van der Waals surface area contributed by atoms with Gasteiger partial charge in [-0.05, 0) is 51.0 Å². The van der Waals surface area contributed by atoms with Crippen LogP contribution in [0.2, 0.25) is 0 Å². The van der Waals surface area contributed by atoms with Gasteiger partial charge in [0.25, 0.3) is 7.82 Å². The molecule has 0 heterocycles. The zero-order valence-electron chi connectivity index (χ0n) is 46.7. The van der Waals surface area contributed by atoms with Crippen LogP contribution < -0.4 is 10.2 Å². The summed E-state index contributed by atoms with van der Waals surface area (Å²) >= 11 is 0. The zero-order valence-corrected chi connectivity index (χ0v) is 47.6. The Morgan fingerprint density at radius 3 is 1.36 bits per heavy atom. The minimum absolute atomic E-state index is 0.0234. The van der Waals surface area contributed by atoms with Gasteiger partial charge in [0, 0.05) is 12.8 Å². The molecule has 0 aliphatic carbocycles. The van der Waals surface area contributed by atoms with E-state index in [1.165, 1.54) is 161 Å². The fraction of sp³-hybridized carbons (Fsp3) is 0.833. The molecule has 0 aromatic carbocycles. The molecule has 0 spiro atoms. The highest BCUT2D eigenvalue weighted by atomic mass is 31.2. The molecule has 0 fully saturated rings. The second-order valence-electron chi connectivity index (χ2n) is 21.2. The summed E-state index contributed by atoms with van der Waals surface area (Å²) in [5.74, 6) is -0.547. The summed E-state index contributed by atoms with van der Waals surface area (Å²) in [5.41, 5.74) is 0.